The van der Waals surface area contributed by atoms with Crippen LogP contribution in [0.4, 0.5) is 0 Å². The summed E-state index contributed by atoms with van der Waals surface area (Å²) in [6.07, 6.45) is 0. The van der Waals surface area contributed by atoms with Gasteiger partial charge < -0.3 is 19.1 Å². The van der Waals surface area contributed by atoms with E-state index >= 15 is 0 Å². The Morgan fingerprint density at radius 1 is 1.23 bits per heavy atom. The van der Waals surface area contributed by atoms with Crippen LogP contribution in [-0.2, 0) is 14.8 Å². The van der Waals surface area contributed by atoms with Gasteiger partial charge >= 0.3 is 5.69 Å². The van der Waals surface area contributed by atoms with Crippen molar-refractivity contribution in [2.75, 3.05) is 19.8 Å². The van der Waals surface area contributed by atoms with Crippen LogP contribution in [0, 0.1) is 6.92 Å². The van der Waals surface area contributed by atoms with Crippen molar-refractivity contribution in [3.63, 3.8) is 0 Å². The summed E-state index contributed by atoms with van der Waals surface area (Å²) in [6.45, 7) is 2.53. The number of halogens is 1. The second-order valence-electron chi connectivity index (χ2n) is 6.06. The highest BCUT2D eigenvalue weighted by molar-refractivity contribution is 9.10. The van der Waals surface area contributed by atoms with E-state index in [9.17, 15) is 13.2 Å². The number of nitrogens with one attached hydrogen (secondary N) is 2. The molecule has 0 saturated carbocycles. The number of morpholine rings is 1. The second kappa shape index (κ2) is 6.38. The third kappa shape index (κ3) is 2.92. The quantitative estimate of drug-likeness (QED) is 0.647. The van der Waals surface area contributed by atoms with Crippen LogP contribution in [0.3, 0.4) is 0 Å². The van der Waals surface area contributed by atoms with Gasteiger partial charge in [0, 0.05) is 11.0 Å². The summed E-state index contributed by atoms with van der Waals surface area (Å²) in [6, 6.07) is 6.04. The number of ether oxygens (including phenoxy) is 1. The Morgan fingerprint density at radius 2 is 1.96 bits per heavy atom. The molecule has 0 bridgehead atoms. The minimum absolute atomic E-state index is 0.0791. The van der Waals surface area contributed by atoms with E-state index in [2.05, 4.69) is 25.9 Å². The lowest BCUT2D eigenvalue weighted by molar-refractivity contribution is 0.0241. The maximum Gasteiger partial charge on any atom is 0.323 e. The number of imidazole rings is 1. The highest BCUT2D eigenvalue weighted by Gasteiger charge is 2.37. The van der Waals surface area contributed by atoms with Gasteiger partial charge in [-0.2, -0.15) is 4.31 Å². The van der Waals surface area contributed by atoms with E-state index in [1.807, 2.05) is 0 Å². The number of aromatic amines is 2. The molecule has 3 aromatic rings. The summed E-state index contributed by atoms with van der Waals surface area (Å²) < 4.78 is 39.6. The van der Waals surface area contributed by atoms with Crippen LogP contribution < -0.4 is 5.69 Å². The van der Waals surface area contributed by atoms with Crippen molar-refractivity contribution in [2.24, 2.45) is 0 Å². The Balaban J connectivity index is 1.81. The zero-order valence-electron chi connectivity index (χ0n) is 13.8. The fraction of sp³-hybridized carbons (Fsp3) is 0.312. The minimum Gasteiger partial charge on any atom is -0.465 e. The number of benzene rings is 1. The molecule has 10 heteroatoms. The summed E-state index contributed by atoms with van der Waals surface area (Å²) in [5.74, 6) is 1.24. The number of nitrogens with zero attached hydrogens (tertiary/aromatic N) is 1. The summed E-state index contributed by atoms with van der Waals surface area (Å²) in [4.78, 5) is 16.8. The second-order valence-corrected chi connectivity index (χ2v) is 8.78. The fourth-order valence-electron chi connectivity index (χ4n) is 3.09. The van der Waals surface area contributed by atoms with Crippen molar-refractivity contribution in [1.29, 1.82) is 0 Å². The average Bonchev–Trinajstić information content (AvgIpc) is 3.18. The number of H-pyrrole nitrogens is 2. The van der Waals surface area contributed by atoms with Crippen LogP contribution in [0.1, 0.15) is 17.6 Å². The van der Waals surface area contributed by atoms with Crippen molar-refractivity contribution in [2.45, 2.75) is 17.9 Å². The SMILES string of the molecule is Cc1ccc(C2COCCN2S(=O)(=O)c2cc3[nH]c(=O)[nH]c3cc2Br)o1. The van der Waals surface area contributed by atoms with E-state index in [0.29, 0.717) is 33.6 Å². The van der Waals surface area contributed by atoms with Gasteiger partial charge in [-0.3, -0.25) is 0 Å². The van der Waals surface area contributed by atoms with Gasteiger partial charge in [-0.15, -0.1) is 0 Å². The van der Waals surface area contributed by atoms with Gasteiger partial charge in [0.1, 0.15) is 17.6 Å². The first-order chi connectivity index (χ1) is 12.4. The molecular formula is C16H16BrN3O5S. The summed E-state index contributed by atoms with van der Waals surface area (Å²) in [5, 5.41) is 0. The molecule has 138 valence electrons. The third-order valence-electron chi connectivity index (χ3n) is 4.32. The standard InChI is InChI=1S/C16H16BrN3O5S/c1-9-2-3-14(25-9)13-8-24-5-4-20(13)26(22,23)15-7-12-11(6-10(15)17)18-16(21)19-12/h2-3,6-7,13H,4-5,8H2,1H3,(H2,18,19,21). The number of hydrogen-bond donors (Lipinski definition) is 2. The first kappa shape index (κ1) is 17.5. The number of aryl methyl sites for hydroxylation is 1. The van der Waals surface area contributed by atoms with E-state index in [1.165, 1.54) is 10.4 Å². The van der Waals surface area contributed by atoms with Gasteiger partial charge in [-0.05, 0) is 47.1 Å². The van der Waals surface area contributed by atoms with Gasteiger partial charge in [0.05, 0.1) is 29.1 Å². The number of fused-ring (bicyclic) bond motifs is 1. The Bertz CT molecular complexity index is 1130. The summed E-state index contributed by atoms with van der Waals surface area (Å²) >= 11 is 3.31. The topological polar surface area (TPSA) is 108 Å². The van der Waals surface area contributed by atoms with E-state index in [-0.39, 0.29) is 18.0 Å². The predicted molar refractivity (Wildman–Crippen MR) is 97.5 cm³/mol. The molecule has 0 amide bonds. The molecule has 1 aliphatic heterocycles. The first-order valence-electron chi connectivity index (χ1n) is 7.94. The normalized spacial score (nSPS) is 19.2. The molecule has 2 aromatic heterocycles. The van der Waals surface area contributed by atoms with Crippen LogP contribution in [0.25, 0.3) is 11.0 Å². The third-order valence-corrected chi connectivity index (χ3v) is 7.19. The molecule has 1 aliphatic rings. The fourth-order valence-corrected chi connectivity index (χ4v) is 5.69. The largest absolute Gasteiger partial charge is 0.465 e. The molecule has 4 rings (SSSR count). The zero-order valence-corrected chi connectivity index (χ0v) is 16.2. The van der Waals surface area contributed by atoms with Crippen molar-refractivity contribution in [3.8, 4) is 0 Å². The maximum atomic E-state index is 13.3. The van der Waals surface area contributed by atoms with E-state index < -0.39 is 21.8 Å². The Kier molecular flexibility index (Phi) is 4.30. The molecule has 1 unspecified atom stereocenters. The molecule has 1 aromatic carbocycles. The molecule has 3 heterocycles. The Hall–Kier alpha value is -1.88. The lowest BCUT2D eigenvalue weighted by Gasteiger charge is -2.33. The van der Waals surface area contributed by atoms with E-state index in [4.69, 9.17) is 9.15 Å². The molecule has 26 heavy (non-hydrogen) atoms. The van der Waals surface area contributed by atoms with Crippen LogP contribution in [-0.4, -0.2) is 42.4 Å². The van der Waals surface area contributed by atoms with Crippen LogP contribution in [0.2, 0.25) is 0 Å². The van der Waals surface area contributed by atoms with Crippen molar-refractivity contribution in [3.05, 3.63) is 50.7 Å². The molecule has 1 fully saturated rings. The monoisotopic (exact) mass is 441 g/mol. The highest BCUT2D eigenvalue weighted by atomic mass is 79.9. The Morgan fingerprint density at radius 3 is 2.65 bits per heavy atom. The van der Waals surface area contributed by atoms with Gasteiger partial charge in [-0.25, -0.2) is 13.2 Å². The van der Waals surface area contributed by atoms with Crippen LogP contribution in [0.5, 0.6) is 0 Å². The van der Waals surface area contributed by atoms with Crippen molar-refractivity contribution in [1.82, 2.24) is 14.3 Å². The maximum absolute atomic E-state index is 13.3. The molecule has 8 nitrogen and oxygen atoms in total. The number of hydrogen-bond acceptors (Lipinski definition) is 5. The number of sulfonamides is 1. The molecule has 2 N–H and O–H groups in total. The van der Waals surface area contributed by atoms with Crippen molar-refractivity contribution < 1.29 is 17.6 Å². The molecule has 1 saturated heterocycles. The highest BCUT2D eigenvalue weighted by Crippen LogP contribution is 2.35. The van der Waals surface area contributed by atoms with Crippen molar-refractivity contribution >= 4 is 37.0 Å². The van der Waals surface area contributed by atoms with E-state index in [0.717, 1.165) is 0 Å². The zero-order chi connectivity index (χ0) is 18.5. The number of rotatable bonds is 3. The lowest BCUT2D eigenvalue weighted by atomic mass is 10.2. The van der Waals surface area contributed by atoms with Gasteiger partial charge in [0.25, 0.3) is 0 Å². The summed E-state index contributed by atoms with van der Waals surface area (Å²) in [5.41, 5.74) is 0.563. The average molecular weight is 442 g/mol. The smallest absolute Gasteiger partial charge is 0.323 e. The Labute approximate surface area is 157 Å². The molecular weight excluding hydrogens is 426 g/mol. The number of aromatic nitrogens is 2. The number of furan rings is 1. The van der Waals surface area contributed by atoms with Gasteiger partial charge in [0.2, 0.25) is 10.0 Å². The minimum atomic E-state index is -3.85. The molecule has 0 aliphatic carbocycles. The van der Waals surface area contributed by atoms with Crippen LogP contribution >= 0.6 is 15.9 Å². The summed E-state index contributed by atoms with van der Waals surface area (Å²) in [7, 11) is -3.85. The molecule has 0 spiro atoms. The van der Waals surface area contributed by atoms with Crippen LogP contribution in [0.15, 0.2) is 42.8 Å². The van der Waals surface area contributed by atoms with Gasteiger partial charge in [-0.1, -0.05) is 0 Å². The van der Waals surface area contributed by atoms with E-state index in [1.54, 1.807) is 25.1 Å². The molecule has 1 atom stereocenters. The van der Waals surface area contributed by atoms with Gasteiger partial charge in [0.15, 0.2) is 0 Å². The predicted octanol–water partition coefficient (Wildman–Crippen LogP) is 2.28. The lowest BCUT2D eigenvalue weighted by Crippen LogP contribution is -2.43. The first-order valence-corrected chi connectivity index (χ1v) is 10.2. The molecule has 0 radical (unpaired) electrons.